The number of aromatic nitrogens is 1. The van der Waals surface area contributed by atoms with Gasteiger partial charge in [0.25, 0.3) is 0 Å². The van der Waals surface area contributed by atoms with E-state index < -0.39 is 0 Å². The molecule has 3 rings (SSSR count). The SMILES string of the molecule is CCOc1ccc(NC(=O)[C@H](C)Sc2nc3ccc(NC(C)=O)cc3s2)cc1. The smallest absolute Gasteiger partial charge is 0.237 e. The highest BCUT2D eigenvalue weighted by atomic mass is 32.2. The van der Waals surface area contributed by atoms with E-state index in [1.54, 1.807) is 0 Å². The zero-order valence-corrected chi connectivity index (χ0v) is 17.4. The van der Waals surface area contributed by atoms with Crippen molar-refractivity contribution < 1.29 is 14.3 Å². The van der Waals surface area contributed by atoms with Gasteiger partial charge in [-0.2, -0.15) is 0 Å². The number of anilines is 2. The number of hydrogen-bond acceptors (Lipinski definition) is 6. The maximum absolute atomic E-state index is 12.5. The van der Waals surface area contributed by atoms with Gasteiger partial charge in [-0.25, -0.2) is 4.98 Å². The molecule has 0 aliphatic heterocycles. The molecule has 2 N–H and O–H groups in total. The average molecular weight is 416 g/mol. The van der Waals surface area contributed by atoms with Crippen molar-refractivity contribution in [2.24, 2.45) is 0 Å². The fourth-order valence-electron chi connectivity index (χ4n) is 2.48. The first-order chi connectivity index (χ1) is 13.4. The third-order valence-corrected chi connectivity index (χ3v) is 5.98. The summed E-state index contributed by atoms with van der Waals surface area (Å²) in [4.78, 5) is 28.2. The van der Waals surface area contributed by atoms with Crippen LogP contribution >= 0.6 is 23.1 Å². The molecule has 2 aromatic carbocycles. The van der Waals surface area contributed by atoms with E-state index in [0.717, 1.165) is 31.7 Å². The predicted molar refractivity (Wildman–Crippen MR) is 115 cm³/mol. The predicted octanol–water partition coefficient (Wildman–Crippen LogP) is 4.77. The Labute approximate surface area is 171 Å². The van der Waals surface area contributed by atoms with Crippen LogP contribution in [0.1, 0.15) is 20.8 Å². The van der Waals surface area contributed by atoms with Gasteiger partial charge in [-0.15, -0.1) is 11.3 Å². The van der Waals surface area contributed by atoms with Crippen molar-refractivity contribution >= 4 is 56.5 Å². The standard InChI is InChI=1S/C20H21N3O3S2/c1-4-26-16-8-5-14(6-9-16)22-19(25)12(2)27-20-23-17-10-7-15(21-13(3)24)11-18(17)28-20/h5-12H,4H2,1-3H3,(H,21,24)(H,22,25)/t12-/m0/s1. The number of hydrogen-bond donors (Lipinski definition) is 2. The lowest BCUT2D eigenvalue weighted by molar-refractivity contribution is -0.115. The summed E-state index contributed by atoms with van der Waals surface area (Å²) in [6.07, 6.45) is 0. The summed E-state index contributed by atoms with van der Waals surface area (Å²) in [7, 11) is 0. The van der Waals surface area contributed by atoms with Crippen LogP contribution in [-0.2, 0) is 9.59 Å². The molecule has 0 saturated carbocycles. The number of amides is 2. The molecule has 0 fully saturated rings. The Morgan fingerprint density at radius 1 is 1.14 bits per heavy atom. The van der Waals surface area contributed by atoms with Crippen LogP contribution in [0.5, 0.6) is 5.75 Å². The van der Waals surface area contributed by atoms with Crippen molar-refractivity contribution in [2.45, 2.75) is 30.4 Å². The van der Waals surface area contributed by atoms with Crippen LogP contribution in [0.3, 0.4) is 0 Å². The van der Waals surface area contributed by atoms with Crippen molar-refractivity contribution in [2.75, 3.05) is 17.2 Å². The van der Waals surface area contributed by atoms with Gasteiger partial charge in [0, 0.05) is 18.3 Å². The van der Waals surface area contributed by atoms with E-state index in [-0.39, 0.29) is 17.1 Å². The van der Waals surface area contributed by atoms with Crippen molar-refractivity contribution in [1.29, 1.82) is 0 Å². The monoisotopic (exact) mass is 415 g/mol. The number of thiazole rings is 1. The Morgan fingerprint density at radius 2 is 1.86 bits per heavy atom. The van der Waals surface area contributed by atoms with Crippen LogP contribution in [0.4, 0.5) is 11.4 Å². The number of carbonyl (C=O) groups excluding carboxylic acids is 2. The second-order valence-electron chi connectivity index (χ2n) is 6.05. The molecule has 1 heterocycles. The van der Waals surface area contributed by atoms with Gasteiger partial charge >= 0.3 is 0 Å². The number of fused-ring (bicyclic) bond motifs is 1. The molecule has 0 radical (unpaired) electrons. The van der Waals surface area contributed by atoms with Crippen molar-refractivity contribution in [3.63, 3.8) is 0 Å². The number of nitrogens with one attached hydrogen (secondary N) is 2. The molecule has 146 valence electrons. The molecular formula is C20H21N3O3S2. The highest BCUT2D eigenvalue weighted by Gasteiger charge is 2.17. The number of nitrogens with zero attached hydrogens (tertiary/aromatic N) is 1. The summed E-state index contributed by atoms with van der Waals surface area (Å²) in [6.45, 7) is 5.86. The van der Waals surface area contributed by atoms with Crippen molar-refractivity contribution in [1.82, 2.24) is 4.98 Å². The lowest BCUT2D eigenvalue weighted by Crippen LogP contribution is -2.22. The van der Waals surface area contributed by atoms with E-state index in [1.807, 2.05) is 56.3 Å². The first-order valence-corrected chi connectivity index (χ1v) is 10.5. The minimum Gasteiger partial charge on any atom is -0.494 e. The Hall–Kier alpha value is -2.58. The molecule has 6 nitrogen and oxygen atoms in total. The third-order valence-electron chi connectivity index (χ3n) is 3.77. The number of thioether (sulfide) groups is 1. The molecular weight excluding hydrogens is 394 g/mol. The van der Waals surface area contributed by atoms with E-state index in [0.29, 0.717) is 6.61 Å². The fraction of sp³-hybridized carbons (Fsp3) is 0.250. The molecule has 1 atom stereocenters. The minimum atomic E-state index is -0.304. The molecule has 8 heteroatoms. The van der Waals surface area contributed by atoms with Gasteiger partial charge in [-0.3, -0.25) is 9.59 Å². The third kappa shape index (κ3) is 5.24. The Balaban J connectivity index is 1.63. The number of rotatable bonds is 7. The lowest BCUT2D eigenvalue weighted by Gasteiger charge is -2.11. The van der Waals surface area contributed by atoms with E-state index in [2.05, 4.69) is 15.6 Å². The van der Waals surface area contributed by atoms with Crippen LogP contribution in [-0.4, -0.2) is 28.7 Å². The molecule has 3 aromatic rings. The molecule has 0 saturated heterocycles. The van der Waals surface area contributed by atoms with E-state index >= 15 is 0 Å². The van der Waals surface area contributed by atoms with Crippen LogP contribution in [0.2, 0.25) is 0 Å². The molecule has 0 bridgehead atoms. The molecule has 1 aromatic heterocycles. The fourth-order valence-corrected chi connectivity index (χ4v) is 4.74. The molecule has 0 unspecified atom stereocenters. The lowest BCUT2D eigenvalue weighted by atomic mass is 10.3. The van der Waals surface area contributed by atoms with Crippen molar-refractivity contribution in [3.05, 3.63) is 42.5 Å². The minimum absolute atomic E-state index is 0.0904. The second kappa shape index (κ2) is 9.07. The maximum Gasteiger partial charge on any atom is 0.237 e. The summed E-state index contributed by atoms with van der Waals surface area (Å²) >= 11 is 2.91. The van der Waals surface area contributed by atoms with Crippen molar-refractivity contribution in [3.8, 4) is 5.75 Å². The summed E-state index contributed by atoms with van der Waals surface area (Å²) in [5.74, 6) is 0.571. The van der Waals surface area contributed by atoms with Gasteiger partial charge in [0.1, 0.15) is 5.75 Å². The highest BCUT2D eigenvalue weighted by Crippen LogP contribution is 2.33. The summed E-state index contributed by atoms with van der Waals surface area (Å²) in [5, 5.41) is 5.37. The van der Waals surface area contributed by atoms with Gasteiger partial charge in [0.15, 0.2) is 4.34 Å². The van der Waals surface area contributed by atoms with E-state index in [1.165, 1.54) is 30.0 Å². The normalized spacial score (nSPS) is 11.8. The van der Waals surface area contributed by atoms with Crippen LogP contribution in [0.15, 0.2) is 46.8 Å². The Morgan fingerprint density at radius 3 is 2.54 bits per heavy atom. The summed E-state index contributed by atoms with van der Waals surface area (Å²) in [5.41, 5.74) is 2.31. The largest absolute Gasteiger partial charge is 0.494 e. The topological polar surface area (TPSA) is 80.3 Å². The highest BCUT2D eigenvalue weighted by molar-refractivity contribution is 8.02. The van der Waals surface area contributed by atoms with Crippen LogP contribution < -0.4 is 15.4 Å². The number of carbonyl (C=O) groups is 2. The molecule has 0 spiro atoms. The zero-order valence-electron chi connectivity index (χ0n) is 15.8. The average Bonchev–Trinajstić information content (AvgIpc) is 3.04. The summed E-state index contributed by atoms with van der Waals surface area (Å²) < 4.78 is 7.18. The van der Waals surface area contributed by atoms with Gasteiger partial charge in [-0.1, -0.05) is 11.8 Å². The molecule has 2 amide bonds. The quantitative estimate of drug-likeness (QED) is 0.543. The maximum atomic E-state index is 12.5. The second-order valence-corrected chi connectivity index (χ2v) is 8.67. The van der Waals surface area contributed by atoms with Crippen LogP contribution in [0, 0.1) is 0 Å². The van der Waals surface area contributed by atoms with Crippen LogP contribution in [0.25, 0.3) is 10.2 Å². The van der Waals surface area contributed by atoms with Gasteiger partial charge in [0.05, 0.1) is 22.1 Å². The molecule has 28 heavy (non-hydrogen) atoms. The molecule has 0 aliphatic carbocycles. The van der Waals surface area contributed by atoms with Gasteiger partial charge in [0.2, 0.25) is 11.8 Å². The van der Waals surface area contributed by atoms with Gasteiger partial charge < -0.3 is 15.4 Å². The number of ether oxygens (including phenoxy) is 1. The first kappa shape index (κ1) is 20.2. The first-order valence-electron chi connectivity index (χ1n) is 8.83. The van der Waals surface area contributed by atoms with Gasteiger partial charge in [-0.05, 0) is 56.3 Å². The molecule has 0 aliphatic rings. The van der Waals surface area contributed by atoms with E-state index in [9.17, 15) is 9.59 Å². The van der Waals surface area contributed by atoms with E-state index in [4.69, 9.17) is 4.74 Å². The number of benzene rings is 2. The zero-order chi connectivity index (χ0) is 20.1. The Kier molecular flexibility index (Phi) is 6.53. The Bertz CT molecular complexity index is 986. The summed E-state index contributed by atoms with van der Waals surface area (Å²) in [6, 6.07) is 12.9.